The Morgan fingerprint density at radius 1 is 1.29 bits per heavy atom. The van der Waals surface area contributed by atoms with Crippen LogP contribution in [0.4, 0.5) is 0 Å². The first-order valence-corrected chi connectivity index (χ1v) is 6.10. The molecule has 0 amide bonds. The molecule has 2 aromatic heterocycles. The fourth-order valence-corrected chi connectivity index (χ4v) is 1.73. The summed E-state index contributed by atoms with van der Waals surface area (Å²) in [6.07, 6.45) is 2.71. The first-order valence-electron chi connectivity index (χ1n) is 6.10. The molecule has 0 fully saturated rings. The lowest BCUT2D eigenvalue weighted by molar-refractivity contribution is 0.234. The molecular formula is C14H15NO6. The largest absolute Gasteiger partial charge is 0.493 e. The van der Waals surface area contributed by atoms with Gasteiger partial charge in [-0.05, 0) is 0 Å². The molecule has 2 rings (SSSR count). The van der Waals surface area contributed by atoms with E-state index in [-0.39, 0.29) is 30.2 Å². The fraction of sp³-hybridized carbons (Fsp3) is 0.286. The molecule has 1 N–H and O–H groups in total. The Hall–Kier alpha value is -2.54. The highest BCUT2D eigenvalue weighted by Crippen LogP contribution is 2.29. The van der Waals surface area contributed by atoms with Gasteiger partial charge in [0.2, 0.25) is 11.2 Å². The number of aliphatic hydroxyl groups excluding tert-OH is 1. The highest BCUT2D eigenvalue weighted by molar-refractivity contribution is 5.42. The number of pyridine rings is 1. The van der Waals surface area contributed by atoms with E-state index < -0.39 is 0 Å². The molecule has 112 valence electrons. The Morgan fingerprint density at radius 2 is 2.10 bits per heavy atom. The minimum Gasteiger partial charge on any atom is -0.493 e. The van der Waals surface area contributed by atoms with Crippen LogP contribution in [-0.2, 0) is 13.2 Å². The third-order valence-corrected chi connectivity index (χ3v) is 2.74. The van der Waals surface area contributed by atoms with Crippen LogP contribution in [-0.4, -0.2) is 24.3 Å². The maximum Gasteiger partial charge on any atom is 0.227 e. The molecule has 21 heavy (non-hydrogen) atoms. The van der Waals surface area contributed by atoms with Crippen LogP contribution in [0, 0.1) is 0 Å². The quantitative estimate of drug-likeness (QED) is 0.853. The Labute approximate surface area is 120 Å². The zero-order chi connectivity index (χ0) is 15.2. The molecule has 7 heteroatoms. The van der Waals surface area contributed by atoms with Gasteiger partial charge in [-0.15, -0.1) is 0 Å². The topological polar surface area (TPSA) is 91.0 Å². The summed E-state index contributed by atoms with van der Waals surface area (Å²) < 4.78 is 20.8. The lowest BCUT2D eigenvalue weighted by Gasteiger charge is -2.12. The van der Waals surface area contributed by atoms with Gasteiger partial charge in [-0.1, -0.05) is 0 Å². The van der Waals surface area contributed by atoms with Gasteiger partial charge in [-0.2, -0.15) is 0 Å². The molecule has 0 atom stereocenters. The van der Waals surface area contributed by atoms with Gasteiger partial charge in [-0.3, -0.25) is 9.78 Å². The van der Waals surface area contributed by atoms with Gasteiger partial charge in [-0.25, -0.2) is 0 Å². The number of nitrogens with zero attached hydrogens (tertiary/aromatic N) is 1. The Kier molecular flexibility index (Phi) is 4.78. The van der Waals surface area contributed by atoms with Crippen LogP contribution in [0.25, 0.3) is 0 Å². The predicted molar refractivity (Wildman–Crippen MR) is 72.6 cm³/mol. The second-order valence-electron chi connectivity index (χ2n) is 4.01. The summed E-state index contributed by atoms with van der Waals surface area (Å²) in [4.78, 5) is 15.9. The summed E-state index contributed by atoms with van der Waals surface area (Å²) in [6.45, 7) is -0.329. The minimum absolute atomic E-state index is 0.0175. The van der Waals surface area contributed by atoms with Crippen LogP contribution < -0.4 is 19.6 Å². The zero-order valence-corrected chi connectivity index (χ0v) is 11.7. The van der Waals surface area contributed by atoms with Crippen molar-refractivity contribution < 1.29 is 23.7 Å². The first kappa shape index (κ1) is 14.9. The van der Waals surface area contributed by atoms with Crippen LogP contribution in [0.1, 0.15) is 11.5 Å². The van der Waals surface area contributed by atoms with Crippen molar-refractivity contribution in [2.24, 2.45) is 0 Å². The third-order valence-electron chi connectivity index (χ3n) is 2.74. The van der Waals surface area contributed by atoms with E-state index in [9.17, 15) is 4.79 Å². The van der Waals surface area contributed by atoms with Crippen LogP contribution in [0.2, 0.25) is 0 Å². The second kappa shape index (κ2) is 6.76. The van der Waals surface area contributed by atoms with Gasteiger partial charge in [0, 0.05) is 18.3 Å². The molecule has 0 unspecified atom stereocenters. The monoisotopic (exact) mass is 293 g/mol. The number of aliphatic hydroxyl groups is 1. The Morgan fingerprint density at radius 3 is 2.71 bits per heavy atom. The number of hydrogen-bond donors (Lipinski definition) is 1. The lowest BCUT2D eigenvalue weighted by atomic mass is 10.3. The second-order valence-corrected chi connectivity index (χ2v) is 4.01. The van der Waals surface area contributed by atoms with Crippen molar-refractivity contribution in [3.8, 4) is 17.2 Å². The van der Waals surface area contributed by atoms with Gasteiger partial charge < -0.3 is 23.7 Å². The molecule has 7 nitrogen and oxygen atoms in total. The number of methoxy groups -OCH3 is 2. The Bertz CT molecular complexity index is 667. The van der Waals surface area contributed by atoms with Crippen LogP contribution in [0.15, 0.2) is 33.8 Å². The van der Waals surface area contributed by atoms with E-state index in [2.05, 4.69) is 4.98 Å². The predicted octanol–water partition coefficient (Wildman–Crippen LogP) is 1.12. The summed E-state index contributed by atoms with van der Waals surface area (Å²) in [6, 6.07) is 2.83. The molecule has 0 saturated carbocycles. The van der Waals surface area contributed by atoms with Gasteiger partial charge in [0.15, 0.2) is 11.5 Å². The molecule has 0 aliphatic rings. The summed E-state index contributed by atoms with van der Waals surface area (Å²) in [5.74, 6) is 1.16. The van der Waals surface area contributed by atoms with Crippen molar-refractivity contribution >= 4 is 0 Å². The van der Waals surface area contributed by atoms with E-state index in [1.807, 2.05) is 0 Å². The molecule has 0 aliphatic carbocycles. The van der Waals surface area contributed by atoms with Crippen molar-refractivity contribution in [1.29, 1.82) is 0 Å². The third kappa shape index (κ3) is 3.32. The summed E-state index contributed by atoms with van der Waals surface area (Å²) >= 11 is 0. The molecule has 0 radical (unpaired) electrons. The molecule has 2 heterocycles. The van der Waals surface area contributed by atoms with Crippen LogP contribution >= 0.6 is 0 Å². The molecule has 0 spiro atoms. The van der Waals surface area contributed by atoms with Gasteiger partial charge >= 0.3 is 0 Å². The standard InChI is InChI=1S/C14H15NO6/c1-18-12-3-4-15-10(14(12)19-2)7-21-13-8-20-9(6-16)5-11(13)17/h3-5,8,16H,6-7H2,1-2H3. The van der Waals surface area contributed by atoms with Crippen molar-refractivity contribution in [1.82, 2.24) is 4.98 Å². The Balaban J connectivity index is 2.19. The van der Waals surface area contributed by atoms with Crippen molar-refractivity contribution in [3.63, 3.8) is 0 Å². The molecule has 0 saturated heterocycles. The maximum absolute atomic E-state index is 11.7. The van der Waals surface area contributed by atoms with E-state index in [0.717, 1.165) is 6.26 Å². The van der Waals surface area contributed by atoms with E-state index in [4.69, 9.17) is 23.7 Å². The number of hydrogen-bond acceptors (Lipinski definition) is 7. The maximum atomic E-state index is 11.7. The first-order chi connectivity index (χ1) is 10.2. The fourth-order valence-electron chi connectivity index (χ4n) is 1.73. The van der Waals surface area contributed by atoms with E-state index >= 15 is 0 Å². The molecule has 0 aliphatic heterocycles. The molecule has 2 aromatic rings. The van der Waals surface area contributed by atoms with Gasteiger partial charge in [0.05, 0.1) is 14.2 Å². The highest BCUT2D eigenvalue weighted by atomic mass is 16.5. The minimum atomic E-state index is -0.382. The van der Waals surface area contributed by atoms with Crippen molar-refractivity contribution in [2.75, 3.05) is 14.2 Å². The molecule has 0 aromatic carbocycles. The van der Waals surface area contributed by atoms with Crippen molar-refractivity contribution in [2.45, 2.75) is 13.2 Å². The van der Waals surface area contributed by atoms with Gasteiger partial charge in [0.1, 0.15) is 30.9 Å². The lowest BCUT2D eigenvalue weighted by Crippen LogP contribution is -2.09. The van der Waals surface area contributed by atoms with Crippen LogP contribution in [0.5, 0.6) is 17.2 Å². The summed E-state index contributed by atoms with van der Waals surface area (Å²) in [5.41, 5.74) is 0.106. The van der Waals surface area contributed by atoms with E-state index in [1.165, 1.54) is 20.3 Å². The smallest absolute Gasteiger partial charge is 0.227 e. The van der Waals surface area contributed by atoms with Crippen LogP contribution in [0.3, 0.4) is 0 Å². The number of aromatic nitrogens is 1. The normalized spacial score (nSPS) is 10.2. The number of ether oxygens (including phenoxy) is 3. The molecular weight excluding hydrogens is 278 g/mol. The average molecular weight is 293 g/mol. The van der Waals surface area contributed by atoms with E-state index in [1.54, 1.807) is 12.3 Å². The number of rotatable bonds is 6. The summed E-state index contributed by atoms with van der Waals surface area (Å²) in [7, 11) is 3.01. The zero-order valence-electron chi connectivity index (χ0n) is 11.7. The van der Waals surface area contributed by atoms with Gasteiger partial charge in [0.25, 0.3) is 0 Å². The SMILES string of the molecule is COc1ccnc(COc2coc(CO)cc2=O)c1OC. The highest BCUT2D eigenvalue weighted by Gasteiger charge is 2.13. The summed E-state index contributed by atoms with van der Waals surface area (Å²) in [5, 5.41) is 8.87. The van der Waals surface area contributed by atoms with Crippen molar-refractivity contribution in [3.05, 3.63) is 46.3 Å². The molecule has 0 bridgehead atoms. The average Bonchev–Trinajstić information content (AvgIpc) is 2.52. The van der Waals surface area contributed by atoms with E-state index in [0.29, 0.717) is 17.2 Å².